The number of rotatable bonds is 2. The van der Waals surface area contributed by atoms with Crippen LogP contribution in [-0.4, -0.2) is 40.8 Å². The molecule has 7 nitrogen and oxygen atoms in total. The van der Waals surface area contributed by atoms with Crippen molar-refractivity contribution in [3.8, 4) is 0 Å². The minimum atomic E-state index is 0.266. The molecule has 3 N–H and O–H groups in total. The zero-order valence-corrected chi connectivity index (χ0v) is 11.2. The van der Waals surface area contributed by atoms with E-state index >= 15 is 0 Å². The first kappa shape index (κ1) is 12.2. The van der Waals surface area contributed by atoms with E-state index in [1.165, 1.54) is 0 Å². The molecule has 3 rings (SSSR count). The lowest BCUT2D eigenvalue weighted by atomic mass is 10.1. The van der Waals surface area contributed by atoms with Gasteiger partial charge < -0.3 is 20.5 Å². The number of hydrogen-bond donors (Lipinski definition) is 2. The van der Waals surface area contributed by atoms with Gasteiger partial charge in [0, 0.05) is 25.7 Å². The topological polar surface area (TPSA) is 93.1 Å². The van der Waals surface area contributed by atoms with Crippen LogP contribution < -0.4 is 16.0 Å². The molecule has 0 aliphatic carbocycles. The average Bonchev–Trinajstić information content (AvgIpc) is 2.79. The van der Waals surface area contributed by atoms with Crippen LogP contribution in [0, 0.1) is 6.92 Å². The molecular formula is C12H18N6O. The molecule has 2 aromatic rings. The standard InChI is InChI=1S/C12H18N6O/c1-3-8-6-14-4-5-18(8)11-10-9(7(2)17-19-10)15-12(13)16-11/h8,14H,3-6H2,1-2H3,(H2,13,15,16)/t8-/m0/s1. The van der Waals surface area contributed by atoms with E-state index in [2.05, 4.69) is 32.3 Å². The number of nitrogens with one attached hydrogen (secondary N) is 1. The summed E-state index contributed by atoms with van der Waals surface area (Å²) in [5.41, 5.74) is 7.89. The Morgan fingerprint density at radius 1 is 1.47 bits per heavy atom. The van der Waals surface area contributed by atoms with Gasteiger partial charge in [0.1, 0.15) is 11.2 Å². The largest absolute Gasteiger partial charge is 0.368 e. The first-order valence-electron chi connectivity index (χ1n) is 6.57. The highest BCUT2D eigenvalue weighted by Crippen LogP contribution is 2.28. The molecule has 19 heavy (non-hydrogen) atoms. The molecule has 102 valence electrons. The van der Waals surface area contributed by atoms with Gasteiger partial charge in [-0.15, -0.1) is 0 Å². The van der Waals surface area contributed by atoms with Crippen molar-refractivity contribution in [1.82, 2.24) is 20.4 Å². The van der Waals surface area contributed by atoms with E-state index in [1.54, 1.807) is 0 Å². The maximum Gasteiger partial charge on any atom is 0.228 e. The number of nitrogens with two attached hydrogens (primary N) is 1. The third-order valence-electron chi connectivity index (χ3n) is 3.58. The van der Waals surface area contributed by atoms with E-state index in [0.29, 0.717) is 17.1 Å². The number of nitrogens with zero attached hydrogens (tertiary/aromatic N) is 4. The molecule has 1 fully saturated rings. The molecule has 0 aromatic carbocycles. The van der Waals surface area contributed by atoms with E-state index < -0.39 is 0 Å². The Balaban J connectivity index is 2.12. The summed E-state index contributed by atoms with van der Waals surface area (Å²) >= 11 is 0. The lowest BCUT2D eigenvalue weighted by Gasteiger charge is -2.36. The number of aryl methyl sites for hydroxylation is 1. The predicted octanol–water partition coefficient (Wildman–Crippen LogP) is 0.697. The highest BCUT2D eigenvalue weighted by molar-refractivity contribution is 5.86. The fraction of sp³-hybridized carbons (Fsp3) is 0.583. The Morgan fingerprint density at radius 2 is 2.32 bits per heavy atom. The Bertz CT molecular complexity index is 595. The number of fused-ring (bicyclic) bond motifs is 1. The van der Waals surface area contributed by atoms with E-state index in [0.717, 1.165) is 37.6 Å². The summed E-state index contributed by atoms with van der Waals surface area (Å²) in [5.74, 6) is 1.03. The molecule has 1 saturated heterocycles. The minimum absolute atomic E-state index is 0.266. The fourth-order valence-electron chi connectivity index (χ4n) is 2.54. The van der Waals surface area contributed by atoms with Crippen molar-refractivity contribution in [2.45, 2.75) is 26.3 Å². The summed E-state index contributed by atoms with van der Waals surface area (Å²) in [6.07, 6.45) is 1.03. The molecule has 0 amide bonds. The Morgan fingerprint density at radius 3 is 3.11 bits per heavy atom. The summed E-state index contributed by atoms with van der Waals surface area (Å²) in [7, 11) is 0. The Hall–Kier alpha value is -1.89. The molecule has 3 heterocycles. The van der Waals surface area contributed by atoms with Crippen LogP contribution in [0.15, 0.2) is 4.52 Å². The molecule has 0 radical (unpaired) electrons. The first-order valence-corrected chi connectivity index (χ1v) is 6.57. The molecular weight excluding hydrogens is 244 g/mol. The van der Waals surface area contributed by atoms with Gasteiger partial charge in [0.05, 0.1) is 0 Å². The third-order valence-corrected chi connectivity index (χ3v) is 3.58. The molecule has 7 heteroatoms. The van der Waals surface area contributed by atoms with Gasteiger partial charge in [0.2, 0.25) is 11.5 Å². The Labute approximate surface area is 111 Å². The fourth-order valence-corrected chi connectivity index (χ4v) is 2.54. The summed E-state index contributed by atoms with van der Waals surface area (Å²) in [6, 6.07) is 0.386. The lowest BCUT2D eigenvalue weighted by Crippen LogP contribution is -2.51. The van der Waals surface area contributed by atoms with Crippen LogP contribution in [0.25, 0.3) is 11.1 Å². The van der Waals surface area contributed by atoms with Gasteiger partial charge in [-0.25, -0.2) is 4.98 Å². The average molecular weight is 262 g/mol. The Kier molecular flexibility index (Phi) is 2.98. The molecule has 0 bridgehead atoms. The normalized spacial score (nSPS) is 20.1. The summed E-state index contributed by atoms with van der Waals surface area (Å²) in [4.78, 5) is 10.8. The molecule has 2 aromatic heterocycles. The molecule has 0 unspecified atom stereocenters. The molecule has 0 saturated carbocycles. The highest BCUT2D eigenvalue weighted by Gasteiger charge is 2.26. The number of hydrogen-bond acceptors (Lipinski definition) is 7. The quantitative estimate of drug-likeness (QED) is 0.822. The van der Waals surface area contributed by atoms with Crippen LogP contribution in [-0.2, 0) is 0 Å². The van der Waals surface area contributed by atoms with Gasteiger partial charge in [0.25, 0.3) is 0 Å². The van der Waals surface area contributed by atoms with Gasteiger partial charge in [-0.1, -0.05) is 12.1 Å². The number of anilines is 2. The molecule has 1 atom stereocenters. The van der Waals surface area contributed by atoms with Crippen molar-refractivity contribution in [3.05, 3.63) is 5.69 Å². The van der Waals surface area contributed by atoms with Gasteiger partial charge in [0.15, 0.2) is 5.82 Å². The van der Waals surface area contributed by atoms with Crippen molar-refractivity contribution < 1.29 is 4.52 Å². The monoisotopic (exact) mass is 262 g/mol. The number of nitrogen functional groups attached to an aromatic ring is 1. The van der Waals surface area contributed by atoms with Gasteiger partial charge in [-0.05, 0) is 13.3 Å². The maximum absolute atomic E-state index is 5.81. The lowest BCUT2D eigenvalue weighted by molar-refractivity contribution is 0.437. The van der Waals surface area contributed by atoms with E-state index in [9.17, 15) is 0 Å². The van der Waals surface area contributed by atoms with Crippen LogP contribution in [0.3, 0.4) is 0 Å². The molecule has 1 aliphatic heterocycles. The van der Waals surface area contributed by atoms with Crippen molar-refractivity contribution in [2.75, 3.05) is 30.3 Å². The first-order chi connectivity index (χ1) is 9.20. The second-order valence-corrected chi connectivity index (χ2v) is 4.81. The van der Waals surface area contributed by atoms with Crippen LogP contribution in [0.5, 0.6) is 0 Å². The van der Waals surface area contributed by atoms with Gasteiger partial charge in [-0.3, -0.25) is 0 Å². The smallest absolute Gasteiger partial charge is 0.228 e. The van der Waals surface area contributed by atoms with E-state index in [1.807, 2.05) is 6.92 Å². The predicted molar refractivity (Wildman–Crippen MR) is 73.0 cm³/mol. The van der Waals surface area contributed by atoms with E-state index in [4.69, 9.17) is 10.3 Å². The van der Waals surface area contributed by atoms with Crippen molar-refractivity contribution in [2.24, 2.45) is 0 Å². The van der Waals surface area contributed by atoms with Crippen molar-refractivity contribution in [3.63, 3.8) is 0 Å². The van der Waals surface area contributed by atoms with Crippen molar-refractivity contribution in [1.29, 1.82) is 0 Å². The number of piperazine rings is 1. The van der Waals surface area contributed by atoms with Gasteiger partial charge >= 0.3 is 0 Å². The van der Waals surface area contributed by atoms with E-state index in [-0.39, 0.29) is 5.95 Å². The summed E-state index contributed by atoms with van der Waals surface area (Å²) in [5, 5.41) is 7.36. The SMILES string of the molecule is CC[C@H]1CNCCN1c1nc(N)nc2c(C)noc12. The maximum atomic E-state index is 5.81. The zero-order chi connectivity index (χ0) is 13.4. The summed E-state index contributed by atoms with van der Waals surface area (Å²) in [6.45, 7) is 6.77. The van der Waals surface area contributed by atoms with Crippen LogP contribution in [0.1, 0.15) is 19.0 Å². The zero-order valence-electron chi connectivity index (χ0n) is 11.2. The van der Waals surface area contributed by atoms with Crippen LogP contribution in [0.2, 0.25) is 0 Å². The second-order valence-electron chi connectivity index (χ2n) is 4.81. The second kappa shape index (κ2) is 4.65. The van der Waals surface area contributed by atoms with Gasteiger partial charge in [-0.2, -0.15) is 4.98 Å². The minimum Gasteiger partial charge on any atom is -0.368 e. The highest BCUT2D eigenvalue weighted by atomic mass is 16.5. The van der Waals surface area contributed by atoms with Crippen LogP contribution in [0.4, 0.5) is 11.8 Å². The van der Waals surface area contributed by atoms with Crippen LogP contribution >= 0.6 is 0 Å². The number of aromatic nitrogens is 3. The molecule has 1 aliphatic rings. The van der Waals surface area contributed by atoms with Crippen molar-refractivity contribution >= 4 is 22.9 Å². The summed E-state index contributed by atoms with van der Waals surface area (Å²) < 4.78 is 5.39. The third kappa shape index (κ3) is 1.99. The molecule has 0 spiro atoms.